The maximum absolute atomic E-state index is 13.0. The number of amides is 2. The van der Waals surface area contributed by atoms with E-state index in [1.807, 2.05) is 0 Å². The van der Waals surface area contributed by atoms with E-state index in [0.29, 0.717) is 21.3 Å². The minimum absolute atomic E-state index is 0.0298. The monoisotopic (exact) mass is 444 g/mol. The minimum Gasteiger partial charge on any atom is -0.463 e. The summed E-state index contributed by atoms with van der Waals surface area (Å²) in [7, 11) is 0. The number of carbonyl (C=O) groups excluding carboxylic acids is 2. The molecule has 2 heterocycles. The molecule has 0 unspecified atom stereocenters. The number of nitrogens with zero attached hydrogens (tertiary/aromatic N) is 1. The number of nitrogens with one attached hydrogen (secondary N) is 1. The summed E-state index contributed by atoms with van der Waals surface area (Å²) in [6.45, 7) is 0. The van der Waals surface area contributed by atoms with Crippen LogP contribution in [0.4, 0.5) is 5.69 Å². The van der Waals surface area contributed by atoms with Gasteiger partial charge in [-0.25, -0.2) is 0 Å². The van der Waals surface area contributed by atoms with Crippen molar-refractivity contribution in [1.82, 2.24) is 5.32 Å². The van der Waals surface area contributed by atoms with Crippen molar-refractivity contribution in [3.63, 3.8) is 0 Å². The van der Waals surface area contributed by atoms with Crippen LogP contribution in [0.1, 0.15) is 5.56 Å². The van der Waals surface area contributed by atoms with E-state index in [4.69, 9.17) is 39.8 Å². The highest BCUT2D eigenvalue weighted by molar-refractivity contribution is 7.80. The minimum atomic E-state index is -0.712. The van der Waals surface area contributed by atoms with Crippen LogP contribution in [-0.2, 0) is 9.59 Å². The standard InChI is InChI=1S/C20H10Cl2N2O4S/c21-11-1-4-13(5-2-11)24-19(27)15(18(26)23-20(24)29)7-10-9-28-16-6-3-12(22)8-14(16)17(10)25/h1-9H,(H,23,26,29). The van der Waals surface area contributed by atoms with Crippen LogP contribution in [0, 0.1) is 0 Å². The molecule has 6 nitrogen and oxygen atoms in total. The van der Waals surface area contributed by atoms with Crippen LogP contribution in [0.5, 0.6) is 0 Å². The number of anilines is 1. The Labute approximate surface area is 179 Å². The quantitative estimate of drug-likeness (QED) is 0.368. The summed E-state index contributed by atoms with van der Waals surface area (Å²) in [5.41, 5.74) is 0.106. The molecule has 2 aromatic carbocycles. The Kier molecular flexibility index (Phi) is 4.96. The van der Waals surface area contributed by atoms with Crippen LogP contribution in [-0.4, -0.2) is 16.9 Å². The molecule has 1 N–H and O–H groups in total. The average molecular weight is 445 g/mol. The number of hydrogen-bond donors (Lipinski definition) is 1. The first kappa shape index (κ1) is 19.3. The average Bonchev–Trinajstić information content (AvgIpc) is 2.68. The lowest BCUT2D eigenvalue weighted by molar-refractivity contribution is -0.122. The molecule has 0 bridgehead atoms. The van der Waals surface area contributed by atoms with Crippen molar-refractivity contribution in [3.8, 4) is 0 Å². The summed E-state index contributed by atoms with van der Waals surface area (Å²) < 4.78 is 5.44. The third-order valence-electron chi connectivity index (χ3n) is 4.25. The van der Waals surface area contributed by atoms with Crippen LogP contribution in [0.2, 0.25) is 10.0 Å². The van der Waals surface area contributed by atoms with Gasteiger partial charge in [0.05, 0.1) is 16.6 Å². The van der Waals surface area contributed by atoms with E-state index in [9.17, 15) is 14.4 Å². The molecule has 1 aromatic heterocycles. The number of fused-ring (bicyclic) bond motifs is 1. The molecule has 0 spiro atoms. The Morgan fingerprint density at radius 3 is 2.41 bits per heavy atom. The van der Waals surface area contributed by atoms with Crippen molar-refractivity contribution in [1.29, 1.82) is 0 Å². The van der Waals surface area contributed by atoms with Crippen molar-refractivity contribution in [2.24, 2.45) is 0 Å². The first-order valence-electron chi connectivity index (χ1n) is 8.23. The van der Waals surface area contributed by atoms with Gasteiger partial charge < -0.3 is 4.42 Å². The number of halogens is 2. The molecule has 1 saturated heterocycles. The van der Waals surface area contributed by atoms with Gasteiger partial charge in [-0.15, -0.1) is 0 Å². The molecule has 1 aliphatic rings. The Bertz CT molecular complexity index is 1280. The van der Waals surface area contributed by atoms with Gasteiger partial charge in [-0.3, -0.25) is 24.6 Å². The Hall–Kier alpha value is -3.00. The lowest BCUT2D eigenvalue weighted by Gasteiger charge is -2.28. The highest BCUT2D eigenvalue weighted by atomic mass is 35.5. The topological polar surface area (TPSA) is 79.6 Å². The summed E-state index contributed by atoms with van der Waals surface area (Å²) in [6.07, 6.45) is 2.36. The molecule has 0 aliphatic carbocycles. The predicted molar refractivity (Wildman–Crippen MR) is 115 cm³/mol. The molecule has 2 amide bonds. The van der Waals surface area contributed by atoms with Gasteiger partial charge in [-0.05, 0) is 60.8 Å². The van der Waals surface area contributed by atoms with E-state index in [0.717, 1.165) is 4.90 Å². The number of hydrogen-bond acceptors (Lipinski definition) is 5. The maximum atomic E-state index is 13.0. The van der Waals surface area contributed by atoms with Gasteiger partial charge >= 0.3 is 0 Å². The highest BCUT2D eigenvalue weighted by Gasteiger charge is 2.34. The van der Waals surface area contributed by atoms with E-state index in [-0.39, 0.29) is 21.6 Å². The van der Waals surface area contributed by atoms with Crippen molar-refractivity contribution >= 4 is 75.1 Å². The van der Waals surface area contributed by atoms with Gasteiger partial charge in [0.2, 0.25) is 0 Å². The van der Waals surface area contributed by atoms with E-state index in [1.54, 1.807) is 36.4 Å². The van der Waals surface area contributed by atoms with E-state index in [1.165, 1.54) is 18.4 Å². The second-order valence-electron chi connectivity index (χ2n) is 6.09. The Balaban J connectivity index is 1.81. The number of thiocarbonyl (C=S) groups is 1. The fourth-order valence-electron chi connectivity index (χ4n) is 2.86. The van der Waals surface area contributed by atoms with Gasteiger partial charge in [-0.2, -0.15) is 0 Å². The highest BCUT2D eigenvalue weighted by Crippen LogP contribution is 2.24. The molecule has 0 saturated carbocycles. The molecule has 0 radical (unpaired) electrons. The summed E-state index contributed by atoms with van der Waals surface area (Å²) in [6, 6.07) is 11.0. The first-order chi connectivity index (χ1) is 13.8. The number of carbonyl (C=O) groups is 2. The third-order valence-corrected chi connectivity index (χ3v) is 5.02. The van der Waals surface area contributed by atoms with Crippen LogP contribution in [0.15, 0.2) is 63.5 Å². The summed E-state index contributed by atoms with van der Waals surface area (Å²) in [5, 5.41) is 3.46. The van der Waals surface area contributed by atoms with Gasteiger partial charge in [0, 0.05) is 10.0 Å². The molecule has 1 aliphatic heterocycles. The van der Waals surface area contributed by atoms with Crippen molar-refractivity contribution in [2.45, 2.75) is 0 Å². The molecular weight excluding hydrogens is 435 g/mol. The smallest absolute Gasteiger partial charge is 0.270 e. The lowest BCUT2D eigenvalue weighted by Crippen LogP contribution is -2.54. The van der Waals surface area contributed by atoms with Gasteiger partial charge in [-0.1, -0.05) is 23.2 Å². The molecule has 144 valence electrons. The van der Waals surface area contributed by atoms with Crippen LogP contribution < -0.4 is 15.6 Å². The molecule has 3 aromatic rings. The molecule has 1 fully saturated rings. The largest absolute Gasteiger partial charge is 0.463 e. The van der Waals surface area contributed by atoms with E-state index < -0.39 is 17.2 Å². The lowest BCUT2D eigenvalue weighted by atomic mass is 10.1. The fourth-order valence-corrected chi connectivity index (χ4v) is 3.43. The second kappa shape index (κ2) is 7.44. The van der Waals surface area contributed by atoms with Crippen molar-refractivity contribution < 1.29 is 14.0 Å². The fraction of sp³-hybridized carbons (Fsp3) is 0. The zero-order valence-corrected chi connectivity index (χ0v) is 16.8. The normalized spacial score (nSPS) is 15.9. The van der Waals surface area contributed by atoms with Crippen LogP contribution in [0.3, 0.4) is 0 Å². The summed E-state index contributed by atoms with van der Waals surface area (Å²) in [4.78, 5) is 39.3. The van der Waals surface area contributed by atoms with Crippen molar-refractivity contribution in [2.75, 3.05) is 4.90 Å². The summed E-state index contributed by atoms with van der Waals surface area (Å²) >= 11 is 17.0. The Morgan fingerprint density at radius 1 is 1.00 bits per heavy atom. The number of rotatable bonds is 2. The molecule has 4 rings (SSSR count). The molecule has 29 heavy (non-hydrogen) atoms. The van der Waals surface area contributed by atoms with Gasteiger partial charge in [0.1, 0.15) is 17.4 Å². The maximum Gasteiger partial charge on any atom is 0.270 e. The van der Waals surface area contributed by atoms with Gasteiger partial charge in [0.25, 0.3) is 11.8 Å². The third kappa shape index (κ3) is 3.55. The second-order valence-corrected chi connectivity index (χ2v) is 7.35. The number of benzene rings is 2. The summed E-state index contributed by atoms with van der Waals surface area (Å²) in [5.74, 6) is -1.39. The van der Waals surface area contributed by atoms with Crippen LogP contribution in [0.25, 0.3) is 17.0 Å². The molecule has 0 atom stereocenters. The predicted octanol–water partition coefficient (Wildman–Crippen LogP) is 3.93. The van der Waals surface area contributed by atoms with Gasteiger partial charge in [0.15, 0.2) is 10.5 Å². The van der Waals surface area contributed by atoms with E-state index in [2.05, 4.69) is 5.32 Å². The zero-order valence-electron chi connectivity index (χ0n) is 14.4. The zero-order chi connectivity index (χ0) is 20.7. The molecule has 9 heteroatoms. The SMILES string of the molecule is O=C1NC(=S)N(c2ccc(Cl)cc2)C(=O)C1=Cc1coc2ccc(Cl)cc2c1=O. The Morgan fingerprint density at radius 2 is 1.69 bits per heavy atom. The van der Waals surface area contributed by atoms with Crippen LogP contribution >= 0.6 is 35.4 Å². The molecular formula is C20H10Cl2N2O4S. The first-order valence-corrected chi connectivity index (χ1v) is 9.39. The van der Waals surface area contributed by atoms with E-state index >= 15 is 0 Å². The van der Waals surface area contributed by atoms with Crippen molar-refractivity contribution in [3.05, 3.63) is 80.1 Å².